The Bertz CT molecular complexity index is 1170. The summed E-state index contributed by atoms with van der Waals surface area (Å²) in [4.78, 5) is 13.2. The Morgan fingerprint density at radius 3 is 2.12 bits per heavy atom. The lowest BCUT2D eigenvalue weighted by molar-refractivity contribution is -0.120. The van der Waals surface area contributed by atoms with Crippen molar-refractivity contribution in [1.82, 2.24) is 8.61 Å². The molecule has 1 aliphatic rings. The van der Waals surface area contributed by atoms with Crippen molar-refractivity contribution in [3.8, 4) is 0 Å². The monoisotopic (exact) mass is 493 g/mol. The minimum Gasteiger partial charge on any atom is -0.326 e. The first-order chi connectivity index (χ1) is 15.6. The Morgan fingerprint density at radius 2 is 1.55 bits per heavy atom. The summed E-state index contributed by atoms with van der Waals surface area (Å²) in [5.41, 5.74) is 1.44. The van der Waals surface area contributed by atoms with Crippen molar-refractivity contribution < 1.29 is 21.6 Å². The Hall–Kier alpha value is -2.27. The van der Waals surface area contributed by atoms with Crippen LogP contribution in [-0.4, -0.2) is 57.5 Å². The van der Waals surface area contributed by atoms with Gasteiger partial charge < -0.3 is 5.32 Å². The third kappa shape index (κ3) is 5.63. The molecule has 1 N–H and O–H groups in total. The van der Waals surface area contributed by atoms with Crippen molar-refractivity contribution in [2.24, 2.45) is 5.92 Å². The van der Waals surface area contributed by atoms with Gasteiger partial charge in [-0.05, 0) is 56.2 Å². The van der Waals surface area contributed by atoms with Crippen LogP contribution < -0.4 is 5.32 Å². The van der Waals surface area contributed by atoms with Crippen LogP contribution >= 0.6 is 0 Å². The second-order valence-corrected chi connectivity index (χ2v) is 12.0. The Labute approximate surface area is 196 Å². The first-order valence-corrected chi connectivity index (χ1v) is 14.0. The van der Waals surface area contributed by atoms with Crippen LogP contribution in [0.2, 0.25) is 0 Å². The average Bonchev–Trinajstić information content (AvgIpc) is 2.80. The highest BCUT2D eigenvalue weighted by atomic mass is 32.2. The molecule has 1 heterocycles. The number of amides is 1. The molecule has 180 valence electrons. The lowest BCUT2D eigenvalue weighted by atomic mass is 9.99. The van der Waals surface area contributed by atoms with E-state index in [2.05, 4.69) is 5.32 Å². The van der Waals surface area contributed by atoms with Gasteiger partial charge in [-0.2, -0.15) is 8.61 Å². The molecule has 8 nitrogen and oxygen atoms in total. The summed E-state index contributed by atoms with van der Waals surface area (Å²) in [6.07, 6.45) is 1.17. The van der Waals surface area contributed by atoms with E-state index in [-0.39, 0.29) is 22.2 Å². The van der Waals surface area contributed by atoms with Gasteiger partial charge in [0, 0.05) is 31.9 Å². The van der Waals surface area contributed by atoms with Crippen LogP contribution in [0.4, 0.5) is 5.69 Å². The molecule has 0 aromatic heterocycles. The summed E-state index contributed by atoms with van der Waals surface area (Å²) >= 11 is 0. The van der Waals surface area contributed by atoms with Gasteiger partial charge in [0.15, 0.2) is 0 Å². The lowest BCUT2D eigenvalue weighted by Crippen LogP contribution is -2.43. The fourth-order valence-corrected chi connectivity index (χ4v) is 6.88. The highest BCUT2D eigenvalue weighted by Crippen LogP contribution is 2.25. The average molecular weight is 494 g/mol. The fourth-order valence-electron chi connectivity index (χ4n) is 3.90. The molecular weight excluding hydrogens is 462 g/mol. The van der Waals surface area contributed by atoms with E-state index in [4.69, 9.17) is 0 Å². The number of rotatable bonds is 8. The van der Waals surface area contributed by atoms with Gasteiger partial charge >= 0.3 is 0 Å². The van der Waals surface area contributed by atoms with Gasteiger partial charge in [-0.15, -0.1) is 0 Å². The van der Waals surface area contributed by atoms with Crippen LogP contribution in [-0.2, 0) is 24.8 Å². The number of carbonyl (C=O) groups is 1. The summed E-state index contributed by atoms with van der Waals surface area (Å²) in [7, 11) is -7.24. The van der Waals surface area contributed by atoms with Crippen molar-refractivity contribution in [3.05, 3.63) is 54.1 Å². The number of anilines is 1. The summed E-state index contributed by atoms with van der Waals surface area (Å²) in [6, 6.07) is 12.7. The zero-order valence-electron chi connectivity index (χ0n) is 19.2. The third-order valence-corrected chi connectivity index (χ3v) is 9.82. The maximum atomic E-state index is 13.0. The summed E-state index contributed by atoms with van der Waals surface area (Å²) < 4.78 is 54.0. The van der Waals surface area contributed by atoms with E-state index in [9.17, 15) is 21.6 Å². The quantitative estimate of drug-likeness (QED) is 0.609. The molecule has 1 saturated heterocycles. The van der Waals surface area contributed by atoms with Gasteiger partial charge in [-0.1, -0.05) is 31.5 Å². The van der Waals surface area contributed by atoms with E-state index >= 15 is 0 Å². The van der Waals surface area contributed by atoms with E-state index in [1.807, 2.05) is 6.92 Å². The molecule has 0 saturated carbocycles. The summed E-state index contributed by atoms with van der Waals surface area (Å²) in [5, 5.41) is 2.80. The molecule has 0 unspecified atom stereocenters. The van der Waals surface area contributed by atoms with Crippen molar-refractivity contribution in [3.63, 3.8) is 0 Å². The highest BCUT2D eigenvalue weighted by molar-refractivity contribution is 7.89. The molecule has 1 atom stereocenters. The molecule has 1 aliphatic heterocycles. The highest BCUT2D eigenvalue weighted by Gasteiger charge is 2.33. The van der Waals surface area contributed by atoms with Crippen molar-refractivity contribution in [2.45, 2.75) is 43.4 Å². The summed E-state index contributed by atoms with van der Waals surface area (Å²) in [6.45, 7) is 6.68. The molecular formula is C23H31N3O5S2. The van der Waals surface area contributed by atoms with Gasteiger partial charge in [0.1, 0.15) is 0 Å². The van der Waals surface area contributed by atoms with Crippen LogP contribution in [0.5, 0.6) is 0 Å². The molecule has 0 radical (unpaired) electrons. The molecule has 2 aromatic carbocycles. The Kier molecular flexibility index (Phi) is 7.94. The van der Waals surface area contributed by atoms with Crippen molar-refractivity contribution >= 4 is 31.6 Å². The number of piperidine rings is 1. The van der Waals surface area contributed by atoms with Gasteiger partial charge in [-0.3, -0.25) is 4.79 Å². The normalized spacial score (nSPS) is 17.8. The van der Waals surface area contributed by atoms with Gasteiger partial charge in [-0.25, -0.2) is 16.8 Å². The van der Waals surface area contributed by atoms with E-state index in [1.165, 1.54) is 20.7 Å². The number of carbonyl (C=O) groups excluding carboxylic acids is 1. The maximum Gasteiger partial charge on any atom is 0.243 e. The SMILES string of the molecule is CCN(CC)S(=O)(=O)c1ccc(NC(=O)[C@@H]2CCCN(S(=O)(=O)c3ccc(C)cc3)C2)cc1. The fraction of sp³-hybridized carbons (Fsp3) is 0.435. The number of sulfonamides is 2. The predicted molar refractivity (Wildman–Crippen MR) is 128 cm³/mol. The number of nitrogens with one attached hydrogen (secondary N) is 1. The first kappa shape index (κ1) is 25.4. The third-order valence-electron chi connectivity index (χ3n) is 5.88. The molecule has 33 heavy (non-hydrogen) atoms. The van der Waals surface area contributed by atoms with Crippen LogP contribution in [0, 0.1) is 12.8 Å². The van der Waals surface area contributed by atoms with Gasteiger partial charge in [0.25, 0.3) is 0 Å². The van der Waals surface area contributed by atoms with E-state index in [0.29, 0.717) is 38.2 Å². The standard InChI is InChI=1S/C23H31N3O5S2/c1-4-25(5-2)32(28,29)22-14-10-20(11-15-22)24-23(27)19-7-6-16-26(17-19)33(30,31)21-12-8-18(3)9-13-21/h8-15,19H,4-7,16-17H2,1-3H3,(H,24,27)/t19-/m1/s1. The molecule has 0 spiro atoms. The van der Waals surface area contributed by atoms with E-state index < -0.39 is 26.0 Å². The first-order valence-electron chi connectivity index (χ1n) is 11.1. The second-order valence-electron chi connectivity index (χ2n) is 8.12. The maximum absolute atomic E-state index is 13.0. The topological polar surface area (TPSA) is 104 Å². The van der Waals surface area contributed by atoms with Crippen molar-refractivity contribution in [2.75, 3.05) is 31.5 Å². The molecule has 2 aromatic rings. The minimum absolute atomic E-state index is 0.108. The zero-order chi connectivity index (χ0) is 24.2. The van der Waals surface area contributed by atoms with Crippen LogP contribution in [0.1, 0.15) is 32.3 Å². The molecule has 0 aliphatic carbocycles. The largest absolute Gasteiger partial charge is 0.326 e. The second kappa shape index (κ2) is 10.3. The molecule has 10 heteroatoms. The number of hydrogen-bond acceptors (Lipinski definition) is 5. The smallest absolute Gasteiger partial charge is 0.243 e. The van der Waals surface area contributed by atoms with E-state index in [0.717, 1.165) is 5.56 Å². The van der Waals surface area contributed by atoms with Gasteiger partial charge in [0.05, 0.1) is 15.7 Å². The van der Waals surface area contributed by atoms with Gasteiger partial charge in [0.2, 0.25) is 26.0 Å². The van der Waals surface area contributed by atoms with Crippen LogP contribution in [0.3, 0.4) is 0 Å². The van der Waals surface area contributed by atoms with Crippen LogP contribution in [0.15, 0.2) is 58.3 Å². The summed E-state index contributed by atoms with van der Waals surface area (Å²) in [5.74, 6) is -0.767. The molecule has 1 amide bonds. The number of benzene rings is 2. The number of nitrogens with zero attached hydrogens (tertiary/aromatic N) is 2. The Morgan fingerprint density at radius 1 is 0.970 bits per heavy atom. The Balaban J connectivity index is 1.68. The number of aryl methyl sites for hydroxylation is 1. The lowest BCUT2D eigenvalue weighted by Gasteiger charge is -2.31. The number of hydrogen-bond donors (Lipinski definition) is 1. The molecule has 0 bridgehead atoms. The predicted octanol–water partition coefficient (Wildman–Crippen LogP) is 3.06. The minimum atomic E-state index is -3.67. The zero-order valence-corrected chi connectivity index (χ0v) is 20.8. The van der Waals surface area contributed by atoms with Crippen molar-refractivity contribution in [1.29, 1.82) is 0 Å². The van der Waals surface area contributed by atoms with Crippen LogP contribution in [0.25, 0.3) is 0 Å². The molecule has 1 fully saturated rings. The van der Waals surface area contributed by atoms with E-state index in [1.54, 1.807) is 50.2 Å². The molecule has 3 rings (SSSR count).